The Hall–Kier alpha value is -3.42. The molecule has 2 aromatic heterocycles. The first kappa shape index (κ1) is 19.5. The minimum absolute atomic E-state index is 0.0130. The molecule has 8 nitrogen and oxygen atoms in total. The number of pyridine rings is 1. The van der Waals surface area contributed by atoms with Crippen LogP contribution < -0.4 is 5.32 Å². The van der Waals surface area contributed by atoms with Crippen LogP contribution in [0.2, 0.25) is 0 Å². The fourth-order valence-electron chi connectivity index (χ4n) is 3.94. The molecule has 1 aliphatic carbocycles. The van der Waals surface area contributed by atoms with Gasteiger partial charge in [-0.05, 0) is 55.5 Å². The number of nitrogens with zero attached hydrogens (tertiary/aromatic N) is 6. The average molecular weight is 418 g/mol. The summed E-state index contributed by atoms with van der Waals surface area (Å²) in [5.41, 5.74) is 3.09. The molecule has 0 bridgehead atoms. The first-order valence-electron chi connectivity index (χ1n) is 10.7. The molecule has 1 N–H and O–H groups in total. The number of amides is 1. The maximum absolute atomic E-state index is 12.2. The highest BCUT2D eigenvalue weighted by Crippen LogP contribution is 2.31. The van der Waals surface area contributed by atoms with Crippen molar-refractivity contribution in [2.75, 3.05) is 32.5 Å². The lowest BCUT2D eigenvalue weighted by Gasteiger charge is -2.24. The number of anilines is 1. The van der Waals surface area contributed by atoms with Gasteiger partial charge in [0.05, 0.1) is 18.3 Å². The Labute approximate surface area is 181 Å². The van der Waals surface area contributed by atoms with Crippen molar-refractivity contribution >= 4 is 23.7 Å². The van der Waals surface area contributed by atoms with Crippen LogP contribution in [0.15, 0.2) is 47.7 Å². The van der Waals surface area contributed by atoms with E-state index in [2.05, 4.69) is 27.4 Å². The number of carbonyl (C=O) groups excluding carboxylic acids is 1. The van der Waals surface area contributed by atoms with Crippen LogP contribution in [0, 0.1) is 5.92 Å². The Bertz CT molecular complexity index is 1150. The van der Waals surface area contributed by atoms with Crippen molar-refractivity contribution in [3.63, 3.8) is 0 Å². The summed E-state index contributed by atoms with van der Waals surface area (Å²) in [6.07, 6.45) is 6.49. The van der Waals surface area contributed by atoms with Gasteiger partial charge in [-0.15, -0.1) is 5.10 Å². The quantitative estimate of drug-likeness (QED) is 0.667. The molecule has 1 aliphatic heterocycles. The molecule has 3 aromatic rings. The van der Waals surface area contributed by atoms with Gasteiger partial charge >= 0.3 is 0 Å². The molecule has 1 amide bonds. The summed E-state index contributed by atoms with van der Waals surface area (Å²) in [6.45, 7) is 3.96. The Morgan fingerprint density at radius 1 is 1.23 bits per heavy atom. The maximum atomic E-state index is 12.2. The molecular weight excluding hydrogens is 390 g/mol. The average Bonchev–Trinajstić information content (AvgIpc) is 3.35. The molecule has 3 heterocycles. The van der Waals surface area contributed by atoms with Crippen LogP contribution in [-0.2, 0) is 0 Å². The Morgan fingerprint density at radius 2 is 2.00 bits per heavy atom. The number of hydrazone groups is 1. The van der Waals surface area contributed by atoms with Crippen LogP contribution in [0.1, 0.15) is 30.1 Å². The third-order valence-corrected chi connectivity index (χ3v) is 5.79. The number of aromatic nitrogens is 3. The van der Waals surface area contributed by atoms with E-state index in [1.54, 1.807) is 23.5 Å². The zero-order valence-corrected chi connectivity index (χ0v) is 18.1. The molecular formula is C23H27N7O. The second kappa shape index (κ2) is 7.37. The van der Waals surface area contributed by atoms with Crippen LogP contribution >= 0.6 is 0 Å². The molecule has 160 valence electrons. The summed E-state index contributed by atoms with van der Waals surface area (Å²) in [5.74, 6) is 1.37. The van der Waals surface area contributed by atoms with E-state index in [9.17, 15) is 4.79 Å². The highest BCUT2D eigenvalue weighted by atomic mass is 16.2. The van der Waals surface area contributed by atoms with Crippen LogP contribution in [0.3, 0.4) is 0 Å². The molecule has 0 spiro atoms. The van der Waals surface area contributed by atoms with Crippen molar-refractivity contribution in [3.8, 4) is 11.1 Å². The zero-order chi connectivity index (χ0) is 21.6. The minimum atomic E-state index is -0.297. The molecule has 1 saturated carbocycles. The van der Waals surface area contributed by atoms with Crippen LogP contribution in [-0.4, -0.2) is 69.4 Å². The van der Waals surface area contributed by atoms with Crippen molar-refractivity contribution < 1.29 is 4.79 Å². The highest BCUT2D eigenvalue weighted by molar-refractivity contribution is 5.94. The molecule has 8 heteroatoms. The van der Waals surface area contributed by atoms with Gasteiger partial charge < -0.3 is 10.2 Å². The fraction of sp³-hybridized carbons (Fsp3) is 0.391. The standard InChI is InChI=1S/C23H27N7O/c1-23(14-24-29(15-23)13-16-6-7-16)26-22-25-20-19(5-4-12-30(20)27-22)17-8-10-18(11-9-17)21(31)28(2)3/h4-5,8-12,14,16H,6-7,13,15H2,1-3H3,(H,26,27). The van der Waals surface area contributed by atoms with Gasteiger partial charge in [-0.1, -0.05) is 12.1 Å². The lowest BCUT2D eigenvalue weighted by molar-refractivity contribution is 0.0827. The smallest absolute Gasteiger partial charge is 0.253 e. The van der Waals surface area contributed by atoms with E-state index in [0.717, 1.165) is 35.8 Å². The Kier molecular flexibility index (Phi) is 4.64. The molecule has 1 aromatic carbocycles. The zero-order valence-electron chi connectivity index (χ0n) is 18.1. The van der Waals surface area contributed by atoms with E-state index in [1.165, 1.54) is 12.8 Å². The third-order valence-electron chi connectivity index (χ3n) is 5.79. The summed E-state index contributed by atoms with van der Waals surface area (Å²) in [7, 11) is 3.50. The van der Waals surface area contributed by atoms with Gasteiger partial charge in [0.25, 0.3) is 5.91 Å². The van der Waals surface area contributed by atoms with Crippen molar-refractivity contribution in [1.82, 2.24) is 24.5 Å². The van der Waals surface area contributed by atoms with Crippen molar-refractivity contribution in [2.24, 2.45) is 11.0 Å². The van der Waals surface area contributed by atoms with Gasteiger partial charge in [0.15, 0.2) is 5.65 Å². The number of hydrogen-bond acceptors (Lipinski definition) is 6. The van der Waals surface area contributed by atoms with Crippen molar-refractivity contribution in [2.45, 2.75) is 25.3 Å². The topological polar surface area (TPSA) is 78.1 Å². The van der Waals surface area contributed by atoms with Gasteiger partial charge in [-0.3, -0.25) is 9.80 Å². The molecule has 5 rings (SSSR count). The minimum Gasteiger partial charge on any atom is -0.345 e. The summed E-state index contributed by atoms with van der Waals surface area (Å²) in [5, 5.41) is 14.8. The first-order valence-corrected chi connectivity index (χ1v) is 10.7. The largest absolute Gasteiger partial charge is 0.345 e. The second-order valence-corrected chi connectivity index (χ2v) is 8.98. The lowest BCUT2D eigenvalue weighted by Crippen LogP contribution is -2.41. The maximum Gasteiger partial charge on any atom is 0.253 e. The van der Waals surface area contributed by atoms with E-state index in [-0.39, 0.29) is 11.4 Å². The van der Waals surface area contributed by atoms with Gasteiger partial charge in [0.1, 0.15) is 0 Å². The molecule has 2 aliphatic rings. The number of nitrogens with one attached hydrogen (secondary N) is 1. The number of rotatable bonds is 6. The van der Waals surface area contributed by atoms with Gasteiger partial charge in [-0.25, -0.2) is 4.52 Å². The molecule has 31 heavy (non-hydrogen) atoms. The summed E-state index contributed by atoms with van der Waals surface area (Å²) in [4.78, 5) is 18.5. The Morgan fingerprint density at radius 3 is 2.71 bits per heavy atom. The third kappa shape index (κ3) is 3.97. The second-order valence-electron chi connectivity index (χ2n) is 8.98. The van der Waals surface area contributed by atoms with Crippen LogP contribution in [0.25, 0.3) is 16.8 Å². The lowest BCUT2D eigenvalue weighted by atomic mass is 10.0. The molecule has 1 atom stereocenters. The van der Waals surface area contributed by atoms with Gasteiger partial charge in [-0.2, -0.15) is 10.1 Å². The molecule has 1 unspecified atom stereocenters. The monoisotopic (exact) mass is 417 g/mol. The van der Waals surface area contributed by atoms with E-state index in [4.69, 9.17) is 4.98 Å². The predicted molar refractivity (Wildman–Crippen MR) is 121 cm³/mol. The van der Waals surface area contributed by atoms with Gasteiger partial charge in [0.2, 0.25) is 5.95 Å². The first-order chi connectivity index (χ1) is 14.9. The molecule has 0 saturated heterocycles. The predicted octanol–water partition coefficient (Wildman–Crippen LogP) is 2.98. The number of benzene rings is 1. The normalized spacial score (nSPS) is 20.4. The summed E-state index contributed by atoms with van der Waals surface area (Å²) in [6, 6.07) is 11.6. The molecule has 0 radical (unpaired) electrons. The van der Waals surface area contributed by atoms with E-state index in [0.29, 0.717) is 11.5 Å². The van der Waals surface area contributed by atoms with E-state index >= 15 is 0 Å². The number of carbonyl (C=O) groups is 1. The number of fused-ring (bicyclic) bond motifs is 1. The number of hydrogen-bond donors (Lipinski definition) is 1. The highest BCUT2D eigenvalue weighted by Gasteiger charge is 2.34. The SMILES string of the molecule is CN(C)C(=O)c1ccc(-c2cccn3nc(NC4(C)C=NN(CC5CC5)C4)nc23)cc1. The van der Waals surface area contributed by atoms with E-state index < -0.39 is 0 Å². The fourth-order valence-corrected chi connectivity index (χ4v) is 3.94. The van der Waals surface area contributed by atoms with E-state index in [1.807, 2.05) is 48.8 Å². The van der Waals surface area contributed by atoms with Crippen molar-refractivity contribution in [3.05, 3.63) is 48.2 Å². The molecule has 1 fully saturated rings. The summed E-state index contributed by atoms with van der Waals surface area (Å²) >= 11 is 0. The van der Waals surface area contributed by atoms with Crippen LogP contribution in [0.4, 0.5) is 5.95 Å². The Balaban J connectivity index is 1.38. The van der Waals surface area contributed by atoms with Crippen molar-refractivity contribution in [1.29, 1.82) is 0 Å². The van der Waals surface area contributed by atoms with Crippen LogP contribution in [0.5, 0.6) is 0 Å². The summed E-state index contributed by atoms with van der Waals surface area (Å²) < 4.78 is 1.79. The van der Waals surface area contributed by atoms with Gasteiger partial charge in [0, 0.05) is 38.0 Å².